The van der Waals surface area contributed by atoms with Gasteiger partial charge >= 0.3 is 0 Å². The number of aromatic nitrogens is 4. The van der Waals surface area contributed by atoms with Gasteiger partial charge in [-0.05, 0) is 54.1 Å². The molecule has 55 heavy (non-hydrogen) atoms. The maximum atomic E-state index is 10.7. The minimum absolute atomic E-state index is 0.207. The van der Waals surface area contributed by atoms with E-state index in [1.54, 1.807) is 12.1 Å². The second-order valence-electron chi connectivity index (χ2n) is 13.2. The van der Waals surface area contributed by atoms with Crippen molar-refractivity contribution >= 4 is 43.7 Å². The highest BCUT2D eigenvalue weighted by Gasteiger charge is 2.25. The molecule has 3 aromatic heterocycles. The van der Waals surface area contributed by atoms with Gasteiger partial charge in [-0.1, -0.05) is 91.0 Å². The molecule has 10 rings (SSSR count). The van der Waals surface area contributed by atoms with Crippen LogP contribution in [0.1, 0.15) is 0 Å². The van der Waals surface area contributed by atoms with Crippen molar-refractivity contribution in [3.05, 3.63) is 140 Å². The van der Waals surface area contributed by atoms with Crippen molar-refractivity contribution in [2.75, 3.05) is 0 Å². The van der Waals surface area contributed by atoms with Gasteiger partial charge in [0.25, 0.3) is 0 Å². The van der Waals surface area contributed by atoms with Crippen LogP contribution in [0.3, 0.4) is 0 Å². The van der Waals surface area contributed by atoms with Gasteiger partial charge in [0, 0.05) is 43.9 Å². The number of para-hydroxylation sites is 1. The first kappa shape index (κ1) is 31.9. The van der Waals surface area contributed by atoms with E-state index < -0.39 is 28.7 Å². The molecule has 0 radical (unpaired) electrons. The minimum atomic E-state index is -1.00. The number of hydrogen-bond acceptors (Lipinski definition) is 9. The van der Waals surface area contributed by atoms with E-state index in [2.05, 4.69) is 10.6 Å². The molecule has 0 saturated carbocycles. The van der Waals surface area contributed by atoms with Gasteiger partial charge in [0.05, 0.1) is 16.6 Å². The van der Waals surface area contributed by atoms with Crippen LogP contribution in [0.25, 0.3) is 94.7 Å². The van der Waals surface area contributed by atoms with E-state index in [9.17, 15) is 25.5 Å². The predicted molar refractivity (Wildman–Crippen MR) is 212 cm³/mol. The fraction of sp³-hybridized carbons (Fsp3) is 0. The third-order valence-electron chi connectivity index (χ3n) is 10.0. The normalized spacial score (nSPS) is 11.6. The molecule has 10 heteroatoms. The molecule has 10 aromatic rings. The Morgan fingerprint density at radius 3 is 1.62 bits per heavy atom. The first-order valence-corrected chi connectivity index (χ1v) is 17.4. The lowest BCUT2D eigenvalue weighted by molar-refractivity contribution is 0.330. The summed E-state index contributed by atoms with van der Waals surface area (Å²) >= 11 is 0. The van der Waals surface area contributed by atoms with Crippen molar-refractivity contribution in [2.24, 2.45) is 0 Å². The van der Waals surface area contributed by atoms with Gasteiger partial charge in [0.1, 0.15) is 11.2 Å². The Labute approximate surface area is 311 Å². The summed E-state index contributed by atoms with van der Waals surface area (Å²) in [5, 5.41) is 55.2. The van der Waals surface area contributed by atoms with Gasteiger partial charge in [-0.2, -0.15) is 0 Å². The summed E-state index contributed by atoms with van der Waals surface area (Å²) in [6, 6.07) is 44.8. The molecule has 0 aliphatic carbocycles. The van der Waals surface area contributed by atoms with Crippen molar-refractivity contribution in [2.45, 2.75) is 0 Å². The molecule has 0 spiro atoms. The number of phenols is 5. The first-order chi connectivity index (χ1) is 26.8. The Kier molecular flexibility index (Phi) is 7.01. The third-order valence-corrected chi connectivity index (χ3v) is 10.0. The number of rotatable bonds is 5. The third kappa shape index (κ3) is 5.00. The monoisotopic (exact) mass is 720 g/mol. The van der Waals surface area contributed by atoms with Crippen LogP contribution in [-0.2, 0) is 0 Å². The molecule has 264 valence electrons. The van der Waals surface area contributed by atoms with Crippen LogP contribution in [-0.4, -0.2) is 45.1 Å². The van der Waals surface area contributed by atoms with E-state index in [-0.39, 0.29) is 5.56 Å². The van der Waals surface area contributed by atoms with Crippen molar-refractivity contribution in [3.63, 3.8) is 0 Å². The van der Waals surface area contributed by atoms with Crippen LogP contribution >= 0.6 is 0 Å². The zero-order chi connectivity index (χ0) is 37.4. The first-order valence-electron chi connectivity index (χ1n) is 17.4. The molecule has 10 nitrogen and oxygen atoms in total. The summed E-state index contributed by atoms with van der Waals surface area (Å²) in [6.07, 6.45) is 0. The molecule has 0 unspecified atom stereocenters. The molecule has 0 aliphatic rings. The van der Waals surface area contributed by atoms with Gasteiger partial charge in [-0.15, -0.1) is 0 Å². The lowest BCUT2D eigenvalue weighted by atomic mass is 9.99. The van der Waals surface area contributed by atoms with E-state index in [0.29, 0.717) is 34.2 Å². The number of aromatic hydroxyl groups is 5. The topological polar surface area (TPSA) is 158 Å². The standard InChI is InChI=1S/C45H28N4O6/c50-38-37(39(51)41(53)42(54)40(38)52)26-16-19-34-31(21-26)29-13-7-8-14-33(29)49(34)28-17-20-35-32(23-28)30-18-15-27(22-36(30)55-35)45-47-43(24-9-3-1-4-10-24)46-44(48-45)25-11-5-2-6-12-25/h1-23,50-54H. The summed E-state index contributed by atoms with van der Waals surface area (Å²) in [6.45, 7) is 0. The molecule has 0 amide bonds. The fourth-order valence-corrected chi connectivity index (χ4v) is 7.35. The summed E-state index contributed by atoms with van der Waals surface area (Å²) in [5.74, 6) is -2.68. The Bertz CT molecular complexity index is 3070. The number of nitrogens with zero attached hydrogens (tertiary/aromatic N) is 4. The molecule has 0 saturated heterocycles. The van der Waals surface area contributed by atoms with Crippen LogP contribution in [0.15, 0.2) is 144 Å². The highest BCUT2D eigenvalue weighted by Crippen LogP contribution is 2.55. The number of phenolic OH excluding ortho intramolecular Hbond substituents is 5. The van der Waals surface area contributed by atoms with Crippen molar-refractivity contribution in [1.29, 1.82) is 0 Å². The fourth-order valence-electron chi connectivity index (χ4n) is 7.35. The lowest BCUT2D eigenvalue weighted by Gasteiger charge is -2.13. The molecular weight excluding hydrogens is 693 g/mol. The van der Waals surface area contributed by atoms with Crippen molar-refractivity contribution in [3.8, 4) is 79.7 Å². The maximum absolute atomic E-state index is 10.7. The van der Waals surface area contributed by atoms with Gasteiger partial charge in [-0.25, -0.2) is 15.0 Å². The molecular formula is C45H28N4O6. The molecule has 5 N–H and O–H groups in total. The molecule has 7 aromatic carbocycles. The second-order valence-corrected chi connectivity index (χ2v) is 13.2. The zero-order valence-electron chi connectivity index (χ0n) is 28.7. The summed E-state index contributed by atoms with van der Waals surface area (Å²) in [7, 11) is 0. The van der Waals surface area contributed by atoms with Gasteiger partial charge in [0.2, 0.25) is 17.2 Å². The predicted octanol–water partition coefficient (Wildman–Crippen LogP) is 10.1. The van der Waals surface area contributed by atoms with Crippen LogP contribution < -0.4 is 0 Å². The van der Waals surface area contributed by atoms with E-state index in [1.165, 1.54) is 0 Å². The van der Waals surface area contributed by atoms with Gasteiger partial charge in [0.15, 0.2) is 29.0 Å². The van der Waals surface area contributed by atoms with E-state index in [0.717, 1.165) is 55.0 Å². The highest BCUT2D eigenvalue weighted by atomic mass is 16.4. The molecule has 0 atom stereocenters. The largest absolute Gasteiger partial charge is 0.504 e. The van der Waals surface area contributed by atoms with Crippen LogP contribution in [0.5, 0.6) is 28.7 Å². The van der Waals surface area contributed by atoms with Crippen molar-refractivity contribution in [1.82, 2.24) is 19.5 Å². The minimum Gasteiger partial charge on any atom is -0.504 e. The Morgan fingerprint density at radius 2 is 0.945 bits per heavy atom. The average molecular weight is 721 g/mol. The van der Waals surface area contributed by atoms with Gasteiger partial charge in [-0.3, -0.25) is 0 Å². The maximum Gasteiger partial charge on any atom is 0.208 e. The van der Waals surface area contributed by atoms with Crippen LogP contribution in [0, 0.1) is 0 Å². The Hall–Kier alpha value is -7.85. The molecule has 3 heterocycles. The van der Waals surface area contributed by atoms with Gasteiger partial charge < -0.3 is 34.5 Å². The van der Waals surface area contributed by atoms with Crippen LogP contribution in [0.2, 0.25) is 0 Å². The highest BCUT2D eigenvalue weighted by molar-refractivity contribution is 6.12. The van der Waals surface area contributed by atoms with E-state index in [4.69, 9.17) is 19.4 Å². The number of hydrogen-bond donors (Lipinski definition) is 5. The average Bonchev–Trinajstić information content (AvgIpc) is 3.77. The molecule has 0 bridgehead atoms. The zero-order valence-corrected chi connectivity index (χ0v) is 28.7. The van der Waals surface area contributed by atoms with E-state index >= 15 is 0 Å². The number of furan rings is 1. The van der Waals surface area contributed by atoms with Crippen molar-refractivity contribution < 1.29 is 29.9 Å². The smallest absolute Gasteiger partial charge is 0.208 e. The number of benzene rings is 7. The summed E-state index contributed by atoms with van der Waals surface area (Å²) in [5.41, 5.74) is 6.69. The quantitative estimate of drug-likeness (QED) is 0.0862. The Morgan fingerprint density at radius 1 is 0.382 bits per heavy atom. The number of fused-ring (bicyclic) bond motifs is 6. The van der Waals surface area contributed by atoms with E-state index in [1.807, 2.05) is 121 Å². The summed E-state index contributed by atoms with van der Waals surface area (Å²) in [4.78, 5) is 14.6. The lowest BCUT2D eigenvalue weighted by Crippen LogP contribution is -2.00. The summed E-state index contributed by atoms with van der Waals surface area (Å²) < 4.78 is 8.54. The Balaban J connectivity index is 1.10. The molecule has 0 fully saturated rings. The SMILES string of the molecule is Oc1c(O)c(O)c(-c2ccc3c(c2)c2ccccc2n3-c2ccc3oc4cc(-c5nc(-c6ccccc6)nc(-c6ccccc6)n5)ccc4c3c2)c(O)c1O. The second kappa shape index (κ2) is 12.1. The molecule has 0 aliphatic heterocycles. The van der Waals surface area contributed by atoms with Crippen LogP contribution in [0.4, 0.5) is 0 Å².